The first-order chi connectivity index (χ1) is 10.3. The number of nitrogens with one attached hydrogen (secondary N) is 1. The first-order valence-electron chi connectivity index (χ1n) is 7.18. The number of amides is 1. The van der Waals surface area contributed by atoms with E-state index in [1.54, 1.807) is 18.7 Å². The zero-order chi connectivity index (χ0) is 14.5. The smallest absolute Gasteiger partial charge is 0.220 e. The van der Waals surface area contributed by atoms with E-state index in [0.29, 0.717) is 18.9 Å². The molecule has 0 spiro atoms. The van der Waals surface area contributed by atoms with Gasteiger partial charge in [-0.05, 0) is 24.8 Å². The molecule has 1 atom stereocenters. The van der Waals surface area contributed by atoms with E-state index in [4.69, 9.17) is 0 Å². The van der Waals surface area contributed by atoms with Crippen LogP contribution < -0.4 is 5.32 Å². The maximum atomic E-state index is 12.0. The fourth-order valence-electron chi connectivity index (χ4n) is 2.55. The first-order valence-corrected chi connectivity index (χ1v) is 7.18. The molecule has 0 aromatic carbocycles. The van der Waals surface area contributed by atoms with Gasteiger partial charge >= 0.3 is 0 Å². The molecule has 1 N–H and O–H groups in total. The zero-order valence-corrected chi connectivity index (χ0v) is 11.8. The Morgan fingerprint density at radius 3 is 3.14 bits per heavy atom. The second kappa shape index (κ2) is 6.35. The van der Waals surface area contributed by atoms with E-state index in [-0.39, 0.29) is 5.91 Å². The molecule has 21 heavy (non-hydrogen) atoms. The molecule has 2 aromatic rings. The highest BCUT2D eigenvalue weighted by molar-refractivity contribution is 5.76. The molecular formula is C16H18N4O. The highest BCUT2D eigenvalue weighted by Gasteiger charge is 2.14. The minimum Gasteiger partial charge on any atom is -0.352 e. The number of aromatic nitrogens is 3. The summed E-state index contributed by atoms with van der Waals surface area (Å²) in [6.07, 6.45) is 14.0. The molecule has 0 saturated heterocycles. The van der Waals surface area contributed by atoms with Crippen molar-refractivity contribution in [3.63, 3.8) is 0 Å². The predicted octanol–water partition coefficient (Wildman–Crippen LogP) is 2.24. The molecule has 1 amide bonds. The zero-order valence-electron chi connectivity index (χ0n) is 11.8. The Hall–Kier alpha value is -2.43. The van der Waals surface area contributed by atoms with Crippen molar-refractivity contribution in [3.8, 4) is 5.82 Å². The third kappa shape index (κ3) is 3.37. The van der Waals surface area contributed by atoms with E-state index in [0.717, 1.165) is 24.2 Å². The number of nitrogens with zero attached hydrogens (tertiary/aromatic N) is 3. The van der Waals surface area contributed by atoms with Crippen LogP contribution in [0.3, 0.4) is 0 Å². The van der Waals surface area contributed by atoms with Crippen LogP contribution in [0.4, 0.5) is 0 Å². The van der Waals surface area contributed by atoms with Crippen molar-refractivity contribution in [1.29, 1.82) is 0 Å². The Morgan fingerprint density at radius 2 is 2.38 bits per heavy atom. The molecule has 2 aromatic heterocycles. The monoisotopic (exact) mass is 282 g/mol. The molecule has 0 aliphatic heterocycles. The largest absolute Gasteiger partial charge is 0.352 e. The van der Waals surface area contributed by atoms with Crippen LogP contribution in [0.2, 0.25) is 0 Å². The van der Waals surface area contributed by atoms with E-state index in [1.165, 1.54) is 0 Å². The van der Waals surface area contributed by atoms with Crippen molar-refractivity contribution in [2.24, 2.45) is 5.92 Å². The quantitative estimate of drug-likeness (QED) is 0.856. The summed E-state index contributed by atoms with van der Waals surface area (Å²) >= 11 is 0. The van der Waals surface area contributed by atoms with Crippen LogP contribution in [0, 0.1) is 5.92 Å². The average molecular weight is 282 g/mol. The maximum Gasteiger partial charge on any atom is 0.220 e. The van der Waals surface area contributed by atoms with E-state index >= 15 is 0 Å². The van der Waals surface area contributed by atoms with Gasteiger partial charge in [0.1, 0.15) is 12.1 Å². The predicted molar refractivity (Wildman–Crippen MR) is 79.7 cm³/mol. The standard InChI is InChI=1S/C16H18N4O/c21-15(10-13-4-1-2-5-13)19-11-14-6-3-7-18-16(14)20-9-8-17-12-20/h1,3-4,6-9,12-13H,2,5,10-11H2,(H,19,21). The number of carbonyl (C=O) groups is 1. The Kier molecular flexibility index (Phi) is 4.09. The van der Waals surface area contributed by atoms with Gasteiger partial charge in [0, 0.05) is 37.1 Å². The lowest BCUT2D eigenvalue weighted by molar-refractivity contribution is -0.121. The summed E-state index contributed by atoms with van der Waals surface area (Å²) in [4.78, 5) is 20.4. The van der Waals surface area contributed by atoms with Gasteiger partial charge in [-0.25, -0.2) is 9.97 Å². The summed E-state index contributed by atoms with van der Waals surface area (Å²) in [5.41, 5.74) is 0.978. The molecule has 1 unspecified atom stereocenters. The number of pyridine rings is 1. The van der Waals surface area contributed by atoms with E-state index < -0.39 is 0 Å². The van der Waals surface area contributed by atoms with Gasteiger partial charge in [0.25, 0.3) is 0 Å². The molecule has 3 rings (SSSR count). The number of carbonyl (C=O) groups excluding carboxylic acids is 1. The summed E-state index contributed by atoms with van der Waals surface area (Å²) in [6.45, 7) is 0.483. The van der Waals surface area contributed by atoms with Crippen molar-refractivity contribution in [1.82, 2.24) is 19.9 Å². The summed E-state index contributed by atoms with van der Waals surface area (Å²) in [5.74, 6) is 1.29. The molecule has 5 nitrogen and oxygen atoms in total. The number of allylic oxidation sites excluding steroid dienone is 2. The highest BCUT2D eigenvalue weighted by Crippen LogP contribution is 2.20. The van der Waals surface area contributed by atoms with Crippen molar-refractivity contribution in [3.05, 3.63) is 54.8 Å². The Balaban J connectivity index is 1.62. The van der Waals surface area contributed by atoms with Gasteiger partial charge in [-0.2, -0.15) is 0 Å². The van der Waals surface area contributed by atoms with Crippen molar-refractivity contribution in [2.45, 2.75) is 25.8 Å². The Bertz CT molecular complexity index is 633. The molecule has 2 heterocycles. The second-order valence-corrected chi connectivity index (χ2v) is 5.20. The highest BCUT2D eigenvalue weighted by atomic mass is 16.1. The van der Waals surface area contributed by atoms with Gasteiger partial charge in [-0.3, -0.25) is 9.36 Å². The first kappa shape index (κ1) is 13.5. The number of imidazole rings is 1. The normalized spacial score (nSPS) is 17.0. The minimum absolute atomic E-state index is 0.0898. The molecule has 0 bridgehead atoms. The second-order valence-electron chi connectivity index (χ2n) is 5.20. The van der Waals surface area contributed by atoms with Crippen LogP contribution in [0.1, 0.15) is 24.8 Å². The molecule has 5 heteroatoms. The molecule has 108 valence electrons. The summed E-state index contributed by atoms with van der Waals surface area (Å²) in [7, 11) is 0. The van der Waals surface area contributed by atoms with Crippen molar-refractivity contribution in [2.75, 3.05) is 0 Å². The lowest BCUT2D eigenvalue weighted by Gasteiger charge is -2.11. The average Bonchev–Trinajstić information content (AvgIpc) is 3.18. The van der Waals surface area contributed by atoms with E-state index in [9.17, 15) is 4.79 Å². The van der Waals surface area contributed by atoms with Crippen LogP contribution in [0.25, 0.3) is 5.82 Å². The number of hydrogen-bond acceptors (Lipinski definition) is 3. The van der Waals surface area contributed by atoms with E-state index in [2.05, 4.69) is 27.4 Å². The Morgan fingerprint density at radius 1 is 1.43 bits per heavy atom. The van der Waals surface area contributed by atoms with Crippen molar-refractivity contribution < 1.29 is 4.79 Å². The summed E-state index contributed by atoms with van der Waals surface area (Å²) in [6, 6.07) is 3.85. The Labute approximate surface area is 123 Å². The van der Waals surface area contributed by atoms with Gasteiger partial charge < -0.3 is 5.32 Å². The molecular weight excluding hydrogens is 264 g/mol. The molecule has 1 aliphatic carbocycles. The number of rotatable bonds is 5. The lowest BCUT2D eigenvalue weighted by atomic mass is 10.1. The van der Waals surface area contributed by atoms with Gasteiger partial charge in [0.2, 0.25) is 5.91 Å². The molecule has 0 radical (unpaired) electrons. The van der Waals surface area contributed by atoms with Crippen LogP contribution >= 0.6 is 0 Å². The van der Waals surface area contributed by atoms with Gasteiger partial charge in [-0.1, -0.05) is 18.2 Å². The fourth-order valence-corrected chi connectivity index (χ4v) is 2.55. The van der Waals surface area contributed by atoms with Gasteiger partial charge in [-0.15, -0.1) is 0 Å². The van der Waals surface area contributed by atoms with E-state index in [1.807, 2.05) is 22.9 Å². The topological polar surface area (TPSA) is 59.8 Å². The minimum atomic E-state index is 0.0898. The van der Waals surface area contributed by atoms with Gasteiger partial charge in [0.05, 0.1) is 0 Å². The SMILES string of the molecule is O=C(CC1C=CCC1)NCc1cccnc1-n1ccnc1. The lowest BCUT2D eigenvalue weighted by Crippen LogP contribution is -2.25. The summed E-state index contributed by atoms with van der Waals surface area (Å²) < 4.78 is 1.85. The molecule has 0 fully saturated rings. The maximum absolute atomic E-state index is 12.0. The van der Waals surface area contributed by atoms with Crippen molar-refractivity contribution >= 4 is 5.91 Å². The van der Waals surface area contributed by atoms with Crippen LogP contribution in [-0.2, 0) is 11.3 Å². The fraction of sp³-hybridized carbons (Fsp3) is 0.312. The number of hydrogen-bond donors (Lipinski definition) is 1. The molecule has 0 saturated carbocycles. The molecule has 1 aliphatic rings. The third-order valence-corrected chi connectivity index (χ3v) is 3.65. The van der Waals surface area contributed by atoms with Crippen LogP contribution in [0.15, 0.2) is 49.2 Å². The summed E-state index contributed by atoms with van der Waals surface area (Å²) in [5, 5.41) is 2.98. The van der Waals surface area contributed by atoms with Gasteiger partial charge in [0.15, 0.2) is 0 Å². The van der Waals surface area contributed by atoms with Crippen LogP contribution in [0.5, 0.6) is 0 Å². The third-order valence-electron chi connectivity index (χ3n) is 3.65. The van der Waals surface area contributed by atoms with Crippen LogP contribution in [-0.4, -0.2) is 20.4 Å².